The standard InChI is InChI=1S/C16H17F5O4/c1-7-10(8-5-6-9(17)11(18)12(8)23-3)13(14(22)24-4)25-15(7,2)16(19,20)21/h5-7,10,13H,1-4H3/t7?,10?,13-,15?/m1/s1. The molecule has 0 aromatic heterocycles. The Morgan fingerprint density at radius 3 is 2.32 bits per heavy atom. The Bertz CT molecular complexity index is 675. The molecule has 4 nitrogen and oxygen atoms in total. The Morgan fingerprint density at radius 2 is 1.84 bits per heavy atom. The van der Waals surface area contributed by atoms with Crippen LogP contribution in [0.4, 0.5) is 22.0 Å². The lowest BCUT2D eigenvalue weighted by Gasteiger charge is -2.31. The van der Waals surface area contributed by atoms with Crippen LogP contribution in [0, 0.1) is 17.6 Å². The van der Waals surface area contributed by atoms with E-state index in [9.17, 15) is 26.7 Å². The van der Waals surface area contributed by atoms with E-state index in [-0.39, 0.29) is 5.56 Å². The predicted molar refractivity (Wildman–Crippen MR) is 76.2 cm³/mol. The highest BCUT2D eigenvalue weighted by Gasteiger charge is 2.66. The molecule has 1 heterocycles. The molecule has 0 N–H and O–H groups in total. The molecule has 0 amide bonds. The third kappa shape index (κ3) is 2.94. The van der Waals surface area contributed by atoms with Crippen molar-refractivity contribution >= 4 is 5.97 Å². The van der Waals surface area contributed by atoms with Crippen LogP contribution < -0.4 is 4.74 Å². The van der Waals surface area contributed by atoms with Gasteiger partial charge in [0, 0.05) is 17.4 Å². The van der Waals surface area contributed by atoms with Crippen LogP contribution in [0.1, 0.15) is 25.3 Å². The summed E-state index contributed by atoms with van der Waals surface area (Å²) in [5.41, 5.74) is -2.77. The zero-order valence-electron chi connectivity index (χ0n) is 13.9. The maximum atomic E-state index is 14.0. The fraction of sp³-hybridized carbons (Fsp3) is 0.562. The summed E-state index contributed by atoms with van der Waals surface area (Å²) >= 11 is 0. The molecule has 1 saturated heterocycles. The molecule has 0 radical (unpaired) electrons. The summed E-state index contributed by atoms with van der Waals surface area (Å²) in [4.78, 5) is 12.0. The Balaban J connectivity index is 2.65. The number of ether oxygens (including phenoxy) is 3. The second kappa shape index (κ2) is 6.44. The highest BCUT2D eigenvalue weighted by Crippen LogP contribution is 2.54. The molecule has 1 aromatic rings. The summed E-state index contributed by atoms with van der Waals surface area (Å²) in [5, 5.41) is 0. The molecule has 9 heteroatoms. The average Bonchev–Trinajstić information content (AvgIpc) is 2.82. The first kappa shape index (κ1) is 19.4. The van der Waals surface area contributed by atoms with E-state index in [2.05, 4.69) is 4.74 Å². The van der Waals surface area contributed by atoms with Gasteiger partial charge < -0.3 is 14.2 Å². The maximum Gasteiger partial charge on any atom is 0.417 e. The van der Waals surface area contributed by atoms with E-state index in [0.29, 0.717) is 0 Å². The first-order valence-electron chi connectivity index (χ1n) is 7.33. The Hall–Kier alpha value is -1.90. The van der Waals surface area contributed by atoms with Gasteiger partial charge in [-0.3, -0.25) is 0 Å². The molecular formula is C16H17F5O4. The molecular weight excluding hydrogens is 351 g/mol. The summed E-state index contributed by atoms with van der Waals surface area (Å²) in [7, 11) is 2.05. The number of hydrogen-bond acceptors (Lipinski definition) is 4. The Labute approximate surface area is 140 Å². The molecule has 0 spiro atoms. The van der Waals surface area contributed by atoms with Crippen molar-refractivity contribution in [2.75, 3.05) is 14.2 Å². The summed E-state index contributed by atoms with van der Waals surface area (Å²) in [6.45, 7) is 2.03. The van der Waals surface area contributed by atoms with Crippen molar-refractivity contribution in [3.05, 3.63) is 29.3 Å². The smallest absolute Gasteiger partial charge is 0.417 e. The lowest BCUT2D eigenvalue weighted by atomic mass is 9.77. The molecule has 25 heavy (non-hydrogen) atoms. The van der Waals surface area contributed by atoms with Crippen molar-refractivity contribution in [3.8, 4) is 5.75 Å². The van der Waals surface area contributed by atoms with Crippen molar-refractivity contribution in [1.29, 1.82) is 0 Å². The first-order valence-corrected chi connectivity index (χ1v) is 7.33. The van der Waals surface area contributed by atoms with Gasteiger partial charge in [-0.25, -0.2) is 9.18 Å². The van der Waals surface area contributed by atoms with Gasteiger partial charge in [0.25, 0.3) is 0 Å². The van der Waals surface area contributed by atoms with Crippen molar-refractivity contribution in [1.82, 2.24) is 0 Å². The van der Waals surface area contributed by atoms with Crippen LogP contribution in [0.3, 0.4) is 0 Å². The van der Waals surface area contributed by atoms with Crippen molar-refractivity contribution in [2.24, 2.45) is 5.92 Å². The van der Waals surface area contributed by atoms with Crippen LogP contribution in [0.15, 0.2) is 12.1 Å². The van der Waals surface area contributed by atoms with Gasteiger partial charge in [0.1, 0.15) is 0 Å². The van der Waals surface area contributed by atoms with E-state index in [1.807, 2.05) is 0 Å². The third-order valence-corrected chi connectivity index (χ3v) is 4.75. The van der Waals surface area contributed by atoms with E-state index in [0.717, 1.165) is 33.3 Å². The molecule has 1 fully saturated rings. The lowest BCUT2D eigenvalue weighted by Crippen LogP contribution is -2.47. The van der Waals surface area contributed by atoms with Crippen molar-refractivity contribution in [2.45, 2.75) is 37.6 Å². The number of carbonyl (C=O) groups excluding carboxylic acids is 1. The van der Waals surface area contributed by atoms with Gasteiger partial charge in [0.15, 0.2) is 23.3 Å². The molecule has 0 bridgehead atoms. The summed E-state index contributed by atoms with van der Waals surface area (Å²) in [5.74, 6) is -6.73. The van der Waals surface area contributed by atoms with E-state index < -0.39 is 53.1 Å². The molecule has 1 aromatic carbocycles. The number of rotatable bonds is 3. The number of benzene rings is 1. The maximum absolute atomic E-state index is 14.0. The number of carbonyl (C=O) groups is 1. The van der Waals surface area contributed by atoms with Gasteiger partial charge in [0.2, 0.25) is 5.82 Å². The SMILES string of the molecule is COC(=O)[C@@H]1OC(C)(C(F)(F)F)C(C)C1c1ccc(F)c(F)c1OC. The molecule has 0 saturated carbocycles. The largest absolute Gasteiger partial charge is 0.493 e. The second-order valence-electron chi connectivity index (χ2n) is 5.96. The summed E-state index contributed by atoms with van der Waals surface area (Å²) in [6.07, 6.45) is -6.44. The van der Waals surface area contributed by atoms with Crippen LogP contribution in [0.25, 0.3) is 0 Å². The average molecular weight is 368 g/mol. The molecule has 0 aliphatic carbocycles. The molecule has 3 unspecified atom stereocenters. The third-order valence-electron chi connectivity index (χ3n) is 4.75. The van der Waals surface area contributed by atoms with Crippen LogP contribution in [-0.2, 0) is 14.3 Å². The number of halogens is 5. The fourth-order valence-corrected chi connectivity index (χ4v) is 3.13. The zero-order chi connectivity index (χ0) is 19.2. The Morgan fingerprint density at radius 1 is 1.24 bits per heavy atom. The van der Waals surface area contributed by atoms with Gasteiger partial charge in [-0.1, -0.05) is 13.0 Å². The number of methoxy groups -OCH3 is 2. The zero-order valence-corrected chi connectivity index (χ0v) is 13.9. The van der Waals surface area contributed by atoms with Gasteiger partial charge in [-0.15, -0.1) is 0 Å². The minimum atomic E-state index is -4.79. The molecule has 140 valence electrons. The quantitative estimate of drug-likeness (QED) is 0.604. The van der Waals surface area contributed by atoms with Crippen LogP contribution in [0.2, 0.25) is 0 Å². The molecule has 1 aliphatic heterocycles. The minimum absolute atomic E-state index is 0.0997. The van der Waals surface area contributed by atoms with E-state index in [4.69, 9.17) is 9.47 Å². The number of hydrogen-bond donors (Lipinski definition) is 0. The highest BCUT2D eigenvalue weighted by molar-refractivity contribution is 5.77. The predicted octanol–water partition coefficient (Wildman–Crippen LogP) is 3.59. The monoisotopic (exact) mass is 368 g/mol. The normalized spacial score (nSPS) is 29.6. The second-order valence-corrected chi connectivity index (χ2v) is 5.96. The van der Waals surface area contributed by atoms with Gasteiger partial charge in [-0.05, 0) is 13.0 Å². The highest BCUT2D eigenvalue weighted by atomic mass is 19.4. The Kier molecular flexibility index (Phi) is 5.00. The van der Waals surface area contributed by atoms with Gasteiger partial charge in [-0.2, -0.15) is 17.6 Å². The number of alkyl halides is 3. The number of esters is 1. The van der Waals surface area contributed by atoms with Crippen LogP contribution in [0.5, 0.6) is 5.75 Å². The summed E-state index contributed by atoms with van der Waals surface area (Å²) < 4.78 is 82.4. The fourth-order valence-electron chi connectivity index (χ4n) is 3.13. The lowest BCUT2D eigenvalue weighted by molar-refractivity contribution is -0.274. The molecule has 2 rings (SSSR count). The van der Waals surface area contributed by atoms with Crippen molar-refractivity contribution < 1.29 is 41.0 Å². The van der Waals surface area contributed by atoms with E-state index in [1.54, 1.807) is 0 Å². The van der Waals surface area contributed by atoms with Crippen molar-refractivity contribution in [3.63, 3.8) is 0 Å². The molecule has 4 atom stereocenters. The van der Waals surface area contributed by atoms with Gasteiger partial charge >= 0.3 is 12.1 Å². The van der Waals surface area contributed by atoms with Crippen LogP contribution >= 0.6 is 0 Å². The topological polar surface area (TPSA) is 44.8 Å². The summed E-state index contributed by atoms with van der Waals surface area (Å²) in [6, 6.07) is 1.84. The van der Waals surface area contributed by atoms with Gasteiger partial charge in [0.05, 0.1) is 14.2 Å². The molecule has 1 aliphatic rings. The minimum Gasteiger partial charge on any atom is -0.493 e. The van der Waals surface area contributed by atoms with E-state index >= 15 is 0 Å². The first-order chi connectivity index (χ1) is 11.5. The van der Waals surface area contributed by atoms with Crippen LogP contribution in [-0.4, -0.2) is 38.1 Å². The van der Waals surface area contributed by atoms with E-state index in [1.165, 1.54) is 6.92 Å².